The molecule has 10 heteroatoms. The molecule has 0 saturated carbocycles. The van der Waals surface area contributed by atoms with Gasteiger partial charge in [-0.25, -0.2) is 4.98 Å². The average molecular weight is 326 g/mol. The monoisotopic (exact) mass is 326 g/mol. The summed E-state index contributed by atoms with van der Waals surface area (Å²) >= 11 is 1.30. The Kier molecular flexibility index (Phi) is 3.84. The van der Waals surface area contributed by atoms with Gasteiger partial charge in [0.2, 0.25) is 0 Å². The maximum absolute atomic E-state index is 12.4. The predicted molar refractivity (Wildman–Crippen MR) is 75.6 cm³/mol. The fourth-order valence-corrected chi connectivity index (χ4v) is 2.54. The standard InChI is InChI=1S/C12H12F2N6OS/c1-6-7(3-17-20(6)2)15-5-9-16-4-8(22-9)11-18-19-12(21-11)10(13)14/h3-4,10,15H,5H2,1-2H3. The number of hydrogen-bond donors (Lipinski definition) is 1. The highest BCUT2D eigenvalue weighted by molar-refractivity contribution is 7.15. The van der Waals surface area contributed by atoms with Crippen LogP contribution in [0.25, 0.3) is 10.8 Å². The molecule has 0 bridgehead atoms. The summed E-state index contributed by atoms with van der Waals surface area (Å²) in [6.45, 7) is 2.44. The number of thiazole rings is 1. The zero-order valence-corrected chi connectivity index (χ0v) is 12.6. The third-order valence-electron chi connectivity index (χ3n) is 3.06. The number of rotatable bonds is 5. The molecule has 3 aromatic rings. The van der Waals surface area contributed by atoms with Crippen LogP contribution in [0.3, 0.4) is 0 Å². The van der Waals surface area contributed by atoms with Crippen LogP contribution >= 0.6 is 11.3 Å². The molecule has 22 heavy (non-hydrogen) atoms. The van der Waals surface area contributed by atoms with Crippen molar-refractivity contribution in [3.8, 4) is 10.8 Å². The van der Waals surface area contributed by atoms with Gasteiger partial charge in [0.25, 0.3) is 11.8 Å². The molecule has 0 aromatic carbocycles. The molecule has 3 rings (SSSR count). The molecule has 0 radical (unpaired) electrons. The van der Waals surface area contributed by atoms with Crippen molar-refractivity contribution in [2.24, 2.45) is 7.05 Å². The highest BCUT2D eigenvalue weighted by Crippen LogP contribution is 2.28. The largest absolute Gasteiger partial charge is 0.414 e. The van der Waals surface area contributed by atoms with Gasteiger partial charge >= 0.3 is 6.43 Å². The van der Waals surface area contributed by atoms with Gasteiger partial charge in [-0.15, -0.1) is 21.5 Å². The van der Waals surface area contributed by atoms with Gasteiger partial charge in [-0.05, 0) is 6.92 Å². The van der Waals surface area contributed by atoms with Crippen molar-refractivity contribution in [1.29, 1.82) is 0 Å². The van der Waals surface area contributed by atoms with Crippen molar-refractivity contribution < 1.29 is 13.2 Å². The maximum atomic E-state index is 12.4. The number of aromatic nitrogens is 5. The van der Waals surface area contributed by atoms with Crippen LogP contribution < -0.4 is 5.32 Å². The second-order valence-electron chi connectivity index (χ2n) is 4.49. The van der Waals surface area contributed by atoms with Gasteiger partial charge in [-0.1, -0.05) is 0 Å². The summed E-state index contributed by atoms with van der Waals surface area (Å²) in [5, 5.41) is 15.0. The van der Waals surface area contributed by atoms with E-state index in [-0.39, 0.29) is 5.89 Å². The van der Waals surface area contributed by atoms with Crippen LogP contribution in [0.15, 0.2) is 16.8 Å². The van der Waals surface area contributed by atoms with E-state index in [0.29, 0.717) is 11.4 Å². The molecular weight excluding hydrogens is 314 g/mol. The lowest BCUT2D eigenvalue weighted by atomic mass is 10.4. The summed E-state index contributed by atoms with van der Waals surface area (Å²) < 4.78 is 31.5. The Morgan fingerprint density at radius 3 is 2.82 bits per heavy atom. The van der Waals surface area contributed by atoms with E-state index in [4.69, 9.17) is 4.42 Å². The van der Waals surface area contributed by atoms with Crippen molar-refractivity contribution in [1.82, 2.24) is 25.0 Å². The lowest BCUT2D eigenvalue weighted by molar-refractivity contribution is 0.116. The van der Waals surface area contributed by atoms with E-state index in [1.165, 1.54) is 17.5 Å². The van der Waals surface area contributed by atoms with Crippen molar-refractivity contribution >= 4 is 17.0 Å². The van der Waals surface area contributed by atoms with Crippen molar-refractivity contribution in [3.05, 3.63) is 29.0 Å². The van der Waals surface area contributed by atoms with Crippen LogP contribution in [0.2, 0.25) is 0 Å². The Morgan fingerprint density at radius 2 is 2.18 bits per heavy atom. The number of hydrogen-bond acceptors (Lipinski definition) is 7. The highest BCUT2D eigenvalue weighted by Gasteiger charge is 2.18. The second kappa shape index (κ2) is 5.79. The normalized spacial score (nSPS) is 11.3. The zero-order chi connectivity index (χ0) is 15.7. The minimum absolute atomic E-state index is 0.0524. The minimum Gasteiger partial charge on any atom is -0.414 e. The van der Waals surface area contributed by atoms with E-state index < -0.39 is 12.3 Å². The summed E-state index contributed by atoms with van der Waals surface area (Å²) in [7, 11) is 1.86. The predicted octanol–water partition coefficient (Wildman–Crippen LogP) is 2.78. The topological polar surface area (TPSA) is 81.7 Å². The highest BCUT2D eigenvalue weighted by atomic mass is 32.1. The van der Waals surface area contributed by atoms with Gasteiger partial charge in [0.05, 0.1) is 30.3 Å². The fourth-order valence-electron chi connectivity index (χ4n) is 1.76. The smallest absolute Gasteiger partial charge is 0.314 e. The lowest BCUT2D eigenvalue weighted by Gasteiger charge is -2.02. The van der Waals surface area contributed by atoms with E-state index in [9.17, 15) is 8.78 Å². The zero-order valence-electron chi connectivity index (χ0n) is 11.7. The number of alkyl halides is 2. The van der Waals surface area contributed by atoms with Crippen molar-refractivity contribution in [2.75, 3.05) is 5.32 Å². The molecule has 0 atom stereocenters. The van der Waals surface area contributed by atoms with Gasteiger partial charge in [0.15, 0.2) is 0 Å². The number of nitrogens with zero attached hydrogens (tertiary/aromatic N) is 5. The molecule has 0 saturated heterocycles. The first-order valence-corrected chi connectivity index (χ1v) is 7.15. The molecule has 0 unspecified atom stereocenters. The molecule has 0 spiro atoms. The first kappa shape index (κ1) is 14.6. The van der Waals surface area contributed by atoms with E-state index in [2.05, 4.69) is 25.6 Å². The van der Waals surface area contributed by atoms with Gasteiger partial charge in [-0.3, -0.25) is 4.68 Å². The molecule has 3 aromatic heterocycles. The van der Waals surface area contributed by atoms with Crippen LogP contribution in [0.4, 0.5) is 14.5 Å². The Labute approximate surface area is 128 Å². The molecule has 0 amide bonds. The van der Waals surface area contributed by atoms with Gasteiger partial charge < -0.3 is 9.73 Å². The molecule has 0 aliphatic rings. The third kappa shape index (κ3) is 2.82. The summed E-state index contributed by atoms with van der Waals surface area (Å²) in [4.78, 5) is 4.77. The quantitative estimate of drug-likeness (QED) is 0.776. The van der Waals surface area contributed by atoms with E-state index in [1.54, 1.807) is 10.9 Å². The van der Waals surface area contributed by atoms with E-state index in [0.717, 1.165) is 16.4 Å². The van der Waals surface area contributed by atoms with Crippen molar-refractivity contribution in [3.63, 3.8) is 0 Å². The summed E-state index contributed by atoms with van der Waals surface area (Å²) in [5.74, 6) is -0.634. The number of aryl methyl sites for hydroxylation is 1. The summed E-state index contributed by atoms with van der Waals surface area (Å²) in [6, 6.07) is 0. The van der Waals surface area contributed by atoms with E-state index in [1.807, 2.05) is 14.0 Å². The van der Waals surface area contributed by atoms with Crippen molar-refractivity contribution in [2.45, 2.75) is 19.9 Å². The Bertz CT molecular complexity index is 780. The van der Waals surface area contributed by atoms with Crippen LogP contribution in [-0.4, -0.2) is 25.0 Å². The van der Waals surface area contributed by atoms with Crippen LogP contribution in [0.5, 0.6) is 0 Å². The molecular formula is C12H12F2N6OS. The van der Waals surface area contributed by atoms with Gasteiger partial charge in [0, 0.05) is 7.05 Å². The molecule has 0 aliphatic heterocycles. The molecule has 116 valence electrons. The Hall–Kier alpha value is -2.36. The summed E-state index contributed by atoms with van der Waals surface area (Å²) in [6.07, 6.45) is 0.487. The average Bonchev–Trinajstić information content (AvgIpc) is 3.19. The molecule has 0 fully saturated rings. The minimum atomic E-state index is -2.77. The number of halogens is 2. The number of nitrogens with one attached hydrogen (secondary N) is 1. The summed E-state index contributed by atoms with van der Waals surface area (Å²) in [5.41, 5.74) is 1.92. The number of anilines is 1. The van der Waals surface area contributed by atoms with Crippen LogP contribution in [0.1, 0.15) is 23.0 Å². The fraction of sp³-hybridized carbons (Fsp3) is 0.333. The first-order chi connectivity index (χ1) is 10.5. The van der Waals surface area contributed by atoms with Crippen LogP contribution in [0, 0.1) is 6.92 Å². The third-order valence-corrected chi connectivity index (χ3v) is 4.04. The molecule has 3 heterocycles. The lowest BCUT2D eigenvalue weighted by Crippen LogP contribution is -2.00. The Morgan fingerprint density at radius 1 is 1.36 bits per heavy atom. The maximum Gasteiger partial charge on any atom is 0.314 e. The van der Waals surface area contributed by atoms with Crippen LogP contribution in [-0.2, 0) is 13.6 Å². The first-order valence-electron chi connectivity index (χ1n) is 6.33. The Balaban J connectivity index is 1.69. The second-order valence-corrected chi connectivity index (χ2v) is 5.60. The van der Waals surface area contributed by atoms with Gasteiger partial charge in [0.1, 0.15) is 9.88 Å². The SMILES string of the molecule is Cc1c(NCc2ncc(-c3nnc(C(F)F)o3)s2)cnn1C. The van der Waals surface area contributed by atoms with Gasteiger partial charge in [-0.2, -0.15) is 13.9 Å². The molecule has 1 N–H and O–H groups in total. The van der Waals surface area contributed by atoms with E-state index >= 15 is 0 Å². The molecule has 7 nitrogen and oxygen atoms in total. The molecule has 0 aliphatic carbocycles.